The van der Waals surface area contributed by atoms with Crippen LogP contribution in [-0.2, 0) is 16.2 Å². The third kappa shape index (κ3) is 7.11. The zero-order valence-corrected chi connectivity index (χ0v) is 40.5. The maximum Gasteiger partial charge on any atom is 0.0465 e. The van der Waals surface area contributed by atoms with Crippen LogP contribution in [0.2, 0.25) is 0 Å². The van der Waals surface area contributed by atoms with Crippen molar-refractivity contribution in [2.24, 2.45) is 29.1 Å². The number of para-hydroxylation sites is 2. The minimum atomic E-state index is -0.119. The molecule has 338 valence electrons. The van der Waals surface area contributed by atoms with E-state index >= 15 is 0 Å². The molecule has 2 heteroatoms. The number of nitrogens with zero attached hydrogens (tertiary/aromatic N) is 2. The Labute approximate surface area is 401 Å². The molecule has 6 aliphatic carbocycles. The number of fused-ring (bicyclic) bond motifs is 3. The van der Waals surface area contributed by atoms with Crippen molar-refractivity contribution in [3.63, 3.8) is 0 Å². The van der Waals surface area contributed by atoms with E-state index in [0.717, 1.165) is 24.2 Å². The van der Waals surface area contributed by atoms with Crippen molar-refractivity contribution < 1.29 is 0 Å². The van der Waals surface area contributed by atoms with Gasteiger partial charge in [-0.2, -0.15) is 0 Å². The fourth-order valence-electron chi connectivity index (χ4n) is 15.3. The number of anilines is 6. The van der Waals surface area contributed by atoms with Gasteiger partial charge in [-0.15, -0.1) is 0 Å². The predicted octanol–water partition coefficient (Wildman–Crippen LogP) is 17.9. The first-order valence-corrected chi connectivity index (χ1v) is 25.8. The Balaban J connectivity index is 0.912. The molecule has 13 rings (SSSR count). The highest BCUT2D eigenvalue weighted by Crippen LogP contribution is 2.61. The minimum absolute atomic E-state index is 0.0739. The second-order valence-corrected chi connectivity index (χ2v) is 23.2. The van der Waals surface area contributed by atoms with E-state index in [1.807, 2.05) is 0 Å². The van der Waals surface area contributed by atoms with Crippen LogP contribution < -0.4 is 9.80 Å². The Hall–Kier alpha value is -5.86. The largest absolute Gasteiger partial charge is 0.311 e. The molecule has 4 bridgehead atoms. The molecule has 2 atom stereocenters. The molecule has 0 saturated heterocycles. The van der Waals surface area contributed by atoms with Crippen LogP contribution in [0.3, 0.4) is 0 Å². The molecule has 0 aliphatic heterocycles. The average Bonchev–Trinajstić information content (AvgIpc) is 3.57. The Bertz CT molecular complexity index is 2850. The predicted molar refractivity (Wildman–Crippen MR) is 282 cm³/mol. The lowest BCUT2D eigenvalue weighted by molar-refractivity contribution is -0.00518. The van der Waals surface area contributed by atoms with Crippen molar-refractivity contribution in [3.05, 3.63) is 204 Å². The van der Waals surface area contributed by atoms with E-state index in [2.05, 4.69) is 220 Å². The SMILES string of the molecule is CC1(C)c2ccccc2-c2ccc(N(c3ccccc3)c3ccc(C4(c5ccc(N(c6ccccc6)c6ccc(C78CC9CC(CC(C9)C7)C8)cc6)cc5)CCCCC4C(C)(C)C)cc3)cc21. The maximum atomic E-state index is 2.50. The van der Waals surface area contributed by atoms with Gasteiger partial charge in [-0.1, -0.05) is 151 Å². The summed E-state index contributed by atoms with van der Waals surface area (Å²) in [6.45, 7) is 12.2. The molecule has 67 heavy (non-hydrogen) atoms. The van der Waals surface area contributed by atoms with Crippen LogP contribution in [0.15, 0.2) is 176 Å². The van der Waals surface area contributed by atoms with Gasteiger partial charge >= 0.3 is 0 Å². The molecule has 5 saturated carbocycles. The van der Waals surface area contributed by atoms with Crippen molar-refractivity contribution in [1.82, 2.24) is 0 Å². The lowest BCUT2D eigenvalue weighted by atomic mass is 9.48. The smallest absolute Gasteiger partial charge is 0.0465 e. The van der Waals surface area contributed by atoms with E-state index in [1.165, 1.54) is 125 Å². The molecule has 0 radical (unpaired) electrons. The lowest BCUT2D eigenvalue weighted by Gasteiger charge is -2.57. The van der Waals surface area contributed by atoms with Gasteiger partial charge in [0.1, 0.15) is 0 Å². The Morgan fingerprint density at radius 3 is 1.39 bits per heavy atom. The van der Waals surface area contributed by atoms with Gasteiger partial charge in [0.25, 0.3) is 0 Å². The highest BCUT2D eigenvalue weighted by Gasteiger charge is 2.52. The molecular weight excluding hydrogens is 809 g/mol. The van der Waals surface area contributed by atoms with Crippen molar-refractivity contribution in [2.75, 3.05) is 9.80 Å². The quantitative estimate of drug-likeness (QED) is 0.143. The van der Waals surface area contributed by atoms with Crippen molar-refractivity contribution in [2.45, 2.75) is 115 Å². The number of hydrogen-bond donors (Lipinski definition) is 0. The van der Waals surface area contributed by atoms with Crippen LogP contribution in [-0.4, -0.2) is 0 Å². The summed E-state index contributed by atoms with van der Waals surface area (Å²) < 4.78 is 0. The van der Waals surface area contributed by atoms with Crippen LogP contribution in [0.5, 0.6) is 0 Å². The summed E-state index contributed by atoms with van der Waals surface area (Å²) in [7, 11) is 0. The van der Waals surface area contributed by atoms with E-state index in [4.69, 9.17) is 0 Å². The molecule has 5 fully saturated rings. The van der Waals surface area contributed by atoms with Gasteiger partial charge in [0.05, 0.1) is 0 Å². The Kier molecular flexibility index (Phi) is 10.2. The summed E-state index contributed by atoms with van der Waals surface area (Å²) in [6.07, 6.45) is 13.5. The van der Waals surface area contributed by atoms with Crippen LogP contribution >= 0.6 is 0 Å². The van der Waals surface area contributed by atoms with Gasteiger partial charge in [-0.25, -0.2) is 0 Å². The summed E-state index contributed by atoms with van der Waals surface area (Å²) >= 11 is 0. The van der Waals surface area contributed by atoms with Crippen LogP contribution in [0.25, 0.3) is 11.1 Å². The van der Waals surface area contributed by atoms with E-state index in [0.29, 0.717) is 11.3 Å². The van der Waals surface area contributed by atoms with Gasteiger partial charge in [0.15, 0.2) is 0 Å². The number of hydrogen-bond acceptors (Lipinski definition) is 2. The molecule has 0 amide bonds. The zero-order valence-electron chi connectivity index (χ0n) is 40.5. The molecule has 0 aromatic heterocycles. The van der Waals surface area contributed by atoms with Crippen LogP contribution in [0.4, 0.5) is 34.1 Å². The molecule has 6 aliphatic rings. The number of benzene rings is 7. The maximum absolute atomic E-state index is 2.50. The topological polar surface area (TPSA) is 6.48 Å². The summed E-state index contributed by atoms with van der Waals surface area (Å²) in [5, 5.41) is 0. The average molecular weight is 877 g/mol. The molecule has 2 unspecified atom stereocenters. The zero-order chi connectivity index (χ0) is 45.5. The first kappa shape index (κ1) is 42.5. The first-order chi connectivity index (χ1) is 32.5. The summed E-state index contributed by atoms with van der Waals surface area (Å²) in [5.41, 5.74) is 17.5. The minimum Gasteiger partial charge on any atom is -0.311 e. The summed E-state index contributed by atoms with van der Waals surface area (Å²) in [5.74, 6) is 3.32. The molecule has 7 aromatic rings. The molecule has 7 aromatic carbocycles. The van der Waals surface area contributed by atoms with Crippen molar-refractivity contribution in [3.8, 4) is 11.1 Å². The van der Waals surface area contributed by atoms with Crippen molar-refractivity contribution in [1.29, 1.82) is 0 Å². The lowest BCUT2D eigenvalue weighted by Crippen LogP contribution is -2.48. The third-order valence-electron chi connectivity index (χ3n) is 17.9. The van der Waals surface area contributed by atoms with E-state index in [9.17, 15) is 0 Å². The Morgan fingerprint density at radius 1 is 0.433 bits per heavy atom. The molecule has 0 spiro atoms. The third-order valence-corrected chi connectivity index (χ3v) is 17.9. The van der Waals surface area contributed by atoms with Gasteiger partial charge in [0, 0.05) is 45.0 Å². The van der Waals surface area contributed by atoms with E-state index in [1.54, 1.807) is 5.56 Å². The first-order valence-electron chi connectivity index (χ1n) is 25.8. The highest BCUT2D eigenvalue weighted by atomic mass is 15.1. The van der Waals surface area contributed by atoms with Gasteiger partial charge in [0.2, 0.25) is 0 Å². The van der Waals surface area contributed by atoms with Gasteiger partial charge in [-0.3, -0.25) is 0 Å². The van der Waals surface area contributed by atoms with E-state index < -0.39 is 0 Å². The fourth-order valence-corrected chi connectivity index (χ4v) is 15.3. The molecule has 0 heterocycles. The molecule has 2 nitrogen and oxygen atoms in total. The highest BCUT2D eigenvalue weighted by molar-refractivity contribution is 5.85. The fraction of sp³-hybridized carbons (Fsp3) is 0.354. The normalized spacial score (nSPS) is 25.6. The molecule has 0 N–H and O–H groups in total. The summed E-state index contributed by atoms with van der Waals surface area (Å²) in [4.78, 5) is 4.94. The van der Waals surface area contributed by atoms with Gasteiger partial charge in [-0.05, 0) is 198 Å². The van der Waals surface area contributed by atoms with Crippen LogP contribution in [0.1, 0.15) is 127 Å². The van der Waals surface area contributed by atoms with Crippen molar-refractivity contribution >= 4 is 34.1 Å². The molecular formula is C65H68N2. The monoisotopic (exact) mass is 877 g/mol. The second kappa shape index (κ2) is 16.1. The van der Waals surface area contributed by atoms with E-state index in [-0.39, 0.29) is 16.2 Å². The summed E-state index contributed by atoms with van der Waals surface area (Å²) in [6, 6.07) is 67.5. The standard InChI is InChI=1S/C65H68N2/c1-62(2,3)61-22-14-15-37-65(61,50-27-33-55(34-28-50)67(52-18-10-7-11-19-52)56-35-36-58-57-20-12-13-21-59(57)63(4,5)60(58)41-56)49-25-31-54(32-26-49)66(51-16-8-6-9-17-51)53-29-23-48(24-30-53)64-42-45-38-46(43-64)40-47(39-45)44-64/h6-13,16-21,23-36,41,45-47,61H,14-15,22,37-40,42-44H2,1-5H3. The Morgan fingerprint density at radius 2 is 0.866 bits per heavy atom. The second-order valence-electron chi connectivity index (χ2n) is 23.2. The van der Waals surface area contributed by atoms with Crippen LogP contribution in [0, 0.1) is 29.1 Å². The number of rotatable bonds is 9. The van der Waals surface area contributed by atoms with Gasteiger partial charge < -0.3 is 9.80 Å².